The summed E-state index contributed by atoms with van der Waals surface area (Å²) in [5.41, 5.74) is 1.97. The number of aliphatic hydroxyl groups excluding tert-OH is 2. The van der Waals surface area contributed by atoms with Crippen LogP contribution in [-0.2, 0) is 16.3 Å². The molecule has 0 aromatic heterocycles. The zero-order valence-electron chi connectivity index (χ0n) is 14.5. The fraction of sp³-hybridized carbons (Fsp3) is 0.400. The summed E-state index contributed by atoms with van der Waals surface area (Å²) in [5.74, 6) is -0.403. The van der Waals surface area contributed by atoms with Crippen LogP contribution in [0.5, 0.6) is 0 Å². The van der Waals surface area contributed by atoms with Crippen molar-refractivity contribution < 1.29 is 18.6 Å². The first-order valence-electron chi connectivity index (χ1n) is 8.52. The van der Waals surface area contributed by atoms with Crippen LogP contribution in [0, 0.1) is 12.3 Å². The van der Waals surface area contributed by atoms with Crippen LogP contribution >= 0.6 is 0 Å². The predicted molar refractivity (Wildman–Crippen MR) is 97.3 cm³/mol. The van der Waals surface area contributed by atoms with Crippen LogP contribution in [0.1, 0.15) is 29.5 Å². The molecule has 0 radical (unpaired) electrons. The molecule has 3 rings (SSSR count). The van der Waals surface area contributed by atoms with Gasteiger partial charge in [0.2, 0.25) is 0 Å². The van der Waals surface area contributed by atoms with Gasteiger partial charge in [0.15, 0.2) is 9.84 Å². The van der Waals surface area contributed by atoms with Crippen LogP contribution in [0.2, 0.25) is 0 Å². The first-order chi connectivity index (χ1) is 11.9. The van der Waals surface area contributed by atoms with E-state index in [4.69, 9.17) is 0 Å². The van der Waals surface area contributed by atoms with Gasteiger partial charge in [-0.1, -0.05) is 48.9 Å². The van der Waals surface area contributed by atoms with E-state index in [0.717, 1.165) is 17.5 Å². The smallest absolute Gasteiger partial charge is 0.182 e. The fourth-order valence-corrected chi connectivity index (χ4v) is 6.14. The maximum atomic E-state index is 13.1. The third-order valence-corrected chi connectivity index (χ3v) is 7.74. The van der Waals surface area contributed by atoms with Crippen LogP contribution < -0.4 is 0 Å². The third-order valence-electron chi connectivity index (χ3n) is 5.40. The second kappa shape index (κ2) is 6.56. The van der Waals surface area contributed by atoms with E-state index in [-0.39, 0.29) is 18.1 Å². The monoisotopic (exact) mass is 360 g/mol. The van der Waals surface area contributed by atoms with Crippen molar-refractivity contribution in [1.29, 1.82) is 0 Å². The van der Waals surface area contributed by atoms with Crippen molar-refractivity contribution in [3.8, 4) is 0 Å². The van der Waals surface area contributed by atoms with Gasteiger partial charge in [-0.2, -0.15) is 0 Å². The number of aliphatic hydroxyl groups is 2. The van der Waals surface area contributed by atoms with E-state index < -0.39 is 26.4 Å². The van der Waals surface area contributed by atoms with Gasteiger partial charge in [0.05, 0.1) is 23.4 Å². The zero-order chi connectivity index (χ0) is 18.2. The van der Waals surface area contributed by atoms with Crippen molar-refractivity contribution in [3.05, 3.63) is 65.2 Å². The van der Waals surface area contributed by atoms with Crippen molar-refractivity contribution in [2.24, 2.45) is 5.41 Å². The minimum Gasteiger partial charge on any atom is -0.396 e. The molecule has 0 spiro atoms. The van der Waals surface area contributed by atoms with Crippen LogP contribution in [0.3, 0.4) is 0 Å². The van der Waals surface area contributed by atoms with Gasteiger partial charge in [-0.25, -0.2) is 8.42 Å². The second-order valence-corrected chi connectivity index (χ2v) is 8.97. The van der Waals surface area contributed by atoms with Crippen molar-refractivity contribution in [1.82, 2.24) is 0 Å². The van der Waals surface area contributed by atoms with Crippen LogP contribution in [-0.4, -0.2) is 37.1 Å². The molecule has 1 aliphatic rings. The molecule has 2 atom stereocenters. The Hall–Kier alpha value is -1.69. The molecule has 1 aliphatic carbocycles. The van der Waals surface area contributed by atoms with Gasteiger partial charge in [-0.3, -0.25) is 0 Å². The van der Waals surface area contributed by atoms with Crippen molar-refractivity contribution in [2.75, 3.05) is 13.2 Å². The number of hydrogen-bond donors (Lipinski definition) is 2. The highest BCUT2D eigenvalue weighted by Crippen LogP contribution is 2.63. The lowest BCUT2D eigenvalue weighted by Crippen LogP contribution is -2.23. The number of rotatable bonds is 6. The van der Waals surface area contributed by atoms with Crippen molar-refractivity contribution in [3.63, 3.8) is 0 Å². The van der Waals surface area contributed by atoms with Crippen molar-refractivity contribution >= 4 is 9.84 Å². The number of aryl methyl sites for hydroxylation is 2. The maximum absolute atomic E-state index is 13.1. The Balaban J connectivity index is 2.02. The Bertz CT molecular complexity index is 834. The molecule has 0 amide bonds. The minimum atomic E-state index is -3.65. The topological polar surface area (TPSA) is 74.6 Å². The molecule has 1 saturated carbocycles. The summed E-state index contributed by atoms with van der Waals surface area (Å²) in [4.78, 5) is 0.238. The molecule has 1 fully saturated rings. The summed E-state index contributed by atoms with van der Waals surface area (Å²) in [6.07, 6.45) is 0.904. The lowest BCUT2D eigenvalue weighted by molar-refractivity contribution is 0.130. The largest absolute Gasteiger partial charge is 0.396 e. The molecule has 0 aliphatic heterocycles. The maximum Gasteiger partial charge on any atom is 0.182 e. The van der Waals surface area contributed by atoms with Gasteiger partial charge in [0, 0.05) is 11.3 Å². The Labute approximate surface area is 149 Å². The molecule has 2 aromatic rings. The molecule has 0 heterocycles. The first-order valence-corrected chi connectivity index (χ1v) is 10.1. The quantitative estimate of drug-likeness (QED) is 0.830. The molecule has 2 aromatic carbocycles. The van der Waals surface area contributed by atoms with Gasteiger partial charge in [-0.15, -0.1) is 0 Å². The standard InChI is InChI=1S/C20H24O4S/c1-3-15-6-8-16(9-7-15)18-19(20(18,12-21)13-22)25(23,24)17-10-4-14(2)5-11-17/h4-11,18-19,21-22H,3,12-13H2,1-2H3/t18-,19+/m0/s1. The van der Waals surface area contributed by atoms with E-state index in [0.29, 0.717) is 0 Å². The third kappa shape index (κ3) is 2.90. The Morgan fingerprint density at radius 2 is 1.52 bits per heavy atom. The highest BCUT2D eigenvalue weighted by Gasteiger charge is 2.70. The number of sulfone groups is 1. The highest BCUT2D eigenvalue weighted by atomic mass is 32.2. The molecule has 134 valence electrons. The minimum absolute atomic E-state index is 0.238. The molecule has 0 unspecified atom stereocenters. The normalized spacial score (nSPS) is 21.9. The van der Waals surface area contributed by atoms with E-state index in [1.807, 2.05) is 31.2 Å². The van der Waals surface area contributed by atoms with E-state index in [1.54, 1.807) is 24.3 Å². The fourth-order valence-electron chi connectivity index (χ4n) is 3.71. The summed E-state index contributed by atoms with van der Waals surface area (Å²) < 4.78 is 26.2. The van der Waals surface area contributed by atoms with Gasteiger partial charge < -0.3 is 10.2 Å². The molecule has 2 N–H and O–H groups in total. The lowest BCUT2D eigenvalue weighted by atomic mass is 9.99. The van der Waals surface area contributed by atoms with Gasteiger partial charge in [-0.05, 0) is 36.6 Å². The van der Waals surface area contributed by atoms with Crippen LogP contribution in [0.15, 0.2) is 53.4 Å². The summed E-state index contributed by atoms with van der Waals surface area (Å²) in [7, 11) is -3.65. The van der Waals surface area contributed by atoms with E-state index in [9.17, 15) is 18.6 Å². The highest BCUT2D eigenvalue weighted by molar-refractivity contribution is 7.92. The molecule has 0 saturated heterocycles. The molecular weight excluding hydrogens is 336 g/mol. The van der Waals surface area contributed by atoms with E-state index in [1.165, 1.54) is 5.56 Å². The average molecular weight is 360 g/mol. The second-order valence-electron chi connectivity index (χ2n) is 6.90. The summed E-state index contributed by atoms with van der Waals surface area (Å²) in [6, 6.07) is 14.5. The Morgan fingerprint density at radius 1 is 0.960 bits per heavy atom. The number of benzene rings is 2. The lowest BCUT2D eigenvalue weighted by Gasteiger charge is -2.11. The predicted octanol–water partition coefficient (Wildman–Crippen LogP) is 2.47. The van der Waals surface area contributed by atoms with Gasteiger partial charge in [0.1, 0.15) is 0 Å². The summed E-state index contributed by atoms with van der Waals surface area (Å²) in [6.45, 7) is 3.23. The van der Waals surface area contributed by atoms with Crippen LogP contribution in [0.4, 0.5) is 0 Å². The van der Waals surface area contributed by atoms with Crippen molar-refractivity contribution in [2.45, 2.75) is 36.3 Å². The van der Waals surface area contributed by atoms with Gasteiger partial charge in [0.25, 0.3) is 0 Å². The molecule has 4 nitrogen and oxygen atoms in total. The Morgan fingerprint density at radius 3 is 2.00 bits per heavy atom. The SMILES string of the molecule is CCc1ccc([C@H]2[C@@H](S(=O)(=O)c3ccc(C)cc3)C2(CO)CO)cc1. The summed E-state index contributed by atoms with van der Waals surface area (Å²) >= 11 is 0. The Kier molecular flexibility index (Phi) is 4.75. The first kappa shape index (κ1) is 18.1. The van der Waals surface area contributed by atoms with E-state index in [2.05, 4.69) is 6.92 Å². The molecule has 5 heteroatoms. The van der Waals surface area contributed by atoms with Gasteiger partial charge >= 0.3 is 0 Å². The number of hydrogen-bond acceptors (Lipinski definition) is 4. The van der Waals surface area contributed by atoms with E-state index >= 15 is 0 Å². The molecular formula is C20H24O4S. The zero-order valence-corrected chi connectivity index (χ0v) is 15.3. The van der Waals surface area contributed by atoms with Crippen LogP contribution in [0.25, 0.3) is 0 Å². The average Bonchev–Trinajstić information content (AvgIpc) is 3.33. The summed E-state index contributed by atoms with van der Waals surface area (Å²) in [5, 5.41) is 19.0. The molecule has 0 bridgehead atoms. The molecule has 25 heavy (non-hydrogen) atoms.